The number of rotatable bonds is 9. The molecule has 4 heteroatoms. The first kappa shape index (κ1) is 18.0. The van der Waals surface area contributed by atoms with Gasteiger partial charge in [0.1, 0.15) is 5.75 Å². The first-order valence-electron chi connectivity index (χ1n) is 7.61. The zero-order chi connectivity index (χ0) is 15.8. The molecule has 1 rings (SSSR count). The van der Waals surface area contributed by atoms with Gasteiger partial charge in [-0.3, -0.25) is 4.90 Å². The Hall–Kier alpha value is -1.10. The quantitative estimate of drug-likeness (QED) is 0.760. The summed E-state index contributed by atoms with van der Waals surface area (Å²) in [5.74, 6) is 1.51. The molecule has 0 spiro atoms. The van der Waals surface area contributed by atoms with E-state index in [-0.39, 0.29) is 6.04 Å². The van der Waals surface area contributed by atoms with Gasteiger partial charge < -0.3 is 15.2 Å². The van der Waals surface area contributed by atoms with E-state index in [0.717, 1.165) is 31.0 Å². The predicted octanol–water partition coefficient (Wildman–Crippen LogP) is 2.61. The Labute approximate surface area is 129 Å². The zero-order valence-electron chi connectivity index (χ0n) is 14.1. The lowest BCUT2D eigenvalue weighted by Crippen LogP contribution is -2.38. The first-order valence-corrected chi connectivity index (χ1v) is 7.61. The highest BCUT2D eigenvalue weighted by Gasteiger charge is 2.20. The van der Waals surface area contributed by atoms with Gasteiger partial charge >= 0.3 is 0 Å². The Morgan fingerprint density at radius 1 is 1.24 bits per heavy atom. The van der Waals surface area contributed by atoms with Crippen molar-refractivity contribution in [2.75, 3.05) is 40.5 Å². The number of aryl methyl sites for hydroxylation is 1. The van der Waals surface area contributed by atoms with Crippen molar-refractivity contribution in [2.45, 2.75) is 26.8 Å². The summed E-state index contributed by atoms with van der Waals surface area (Å²) >= 11 is 0. The summed E-state index contributed by atoms with van der Waals surface area (Å²) in [4.78, 5) is 2.41. The van der Waals surface area contributed by atoms with Gasteiger partial charge in [0, 0.05) is 32.8 Å². The second-order valence-electron chi connectivity index (χ2n) is 5.86. The van der Waals surface area contributed by atoms with Crippen LogP contribution in [0.2, 0.25) is 0 Å². The fraction of sp³-hybridized carbons (Fsp3) is 0.647. The minimum Gasteiger partial charge on any atom is -0.496 e. The standard InChI is InChI=1S/C17H30N2O2/c1-13(2)12-19(8-9-20-4)16(11-18)15-6-7-17(21-5)14(3)10-15/h6-7,10,13,16H,8-9,11-12,18H2,1-5H3. The van der Waals surface area contributed by atoms with Gasteiger partial charge in [-0.2, -0.15) is 0 Å². The van der Waals surface area contributed by atoms with Gasteiger partial charge in [0.05, 0.1) is 13.7 Å². The first-order chi connectivity index (χ1) is 10.0. The smallest absolute Gasteiger partial charge is 0.121 e. The third kappa shape index (κ3) is 5.30. The molecule has 0 aromatic heterocycles. The van der Waals surface area contributed by atoms with Crippen molar-refractivity contribution in [3.8, 4) is 5.75 Å². The van der Waals surface area contributed by atoms with Crippen LogP contribution in [0, 0.1) is 12.8 Å². The Kier molecular flexibility index (Phi) is 7.72. The Balaban J connectivity index is 2.97. The molecule has 0 heterocycles. The molecule has 1 aromatic carbocycles. The molecular weight excluding hydrogens is 264 g/mol. The topological polar surface area (TPSA) is 47.7 Å². The summed E-state index contributed by atoms with van der Waals surface area (Å²) in [6.07, 6.45) is 0. The van der Waals surface area contributed by atoms with E-state index in [1.165, 1.54) is 5.56 Å². The van der Waals surface area contributed by atoms with Crippen molar-refractivity contribution in [2.24, 2.45) is 11.7 Å². The lowest BCUT2D eigenvalue weighted by atomic mass is 10.0. The number of hydrogen-bond acceptors (Lipinski definition) is 4. The van der Waals surface area contributed by atoms with Crippen LogP contribution in [0.15, 0.2) is 18.2 Å². The van der Waals surface area contributed by atoms with Crippen LogP contribution in [0.4, 0.5) is 0 Å². The number of benzene rings is 1. The fourth-order valence-corrected chi connectivity index (χ4v) is 2.66. The van der Waals surface area contributed by atoms with Gasteiger partial charge in [0.25, 0.3) is 0 Å². The summed E-state index contributed by atoms with van der Waals surface area (Å²) in [5, 5.41) is 0. The number of nitrogens with two attached hydrogens (primary N) is 1. The molecule has 0 fully saturated rings. The van der Waals surface area contributed by atoms with Crippen LogP contribution >= 0.6 is 0 Å². The van der Waals surface area contributed by atoms with Gasteiger partial charge in [0.15, 0.2) is 0 Å². The molecule has 120 valence electrons. The highest BCUT2D eigenvalue weighted by atomic mass is 16.5. The maximum atomic E-state index is 6.06. The number of nitrogens with zero attached hydrogens (tertiary/aromatic N) is 1. The van der Waals surface area contributed by atoms with E-state index in [0.29, 0.717) is 12.5 Å². The van der Waals surface area contributed by atoms with Crippen molar-refractivity contribution in [3.05, 3.63) is 29.3 Å². The van der Waals surface area contributed by atoms with Crippen molar-refractivity contribution < 1.29 is 9.47 Å². The molecule has 2 N–H and O–H groups in total. The summed E-state index contributed by atoms with van der Waals surface area (Å²) in [7, 11) is 3.44. The van der Waals surface area contributed by atoms with E-state index in [9.17, 15) is 0 Å². The van der Waals surface area contributed by atoms with Crippen molar-refractivity contribution in [3.63, 3.8) is 0 Å². The van der Waals surface area contributed by atoms with Gasteiger partial charge in [-0.15, -0.1) is 0 Å². The molecule has 0 bridgehead atoms. The summed E-state index contributed by atoms with van der Waals surface area (Å²) in [6.45, 7) is 9.75. The maximum Gasteiger partial charge on any atom is 0.121 e. The zero-order valence-corrected chi connectivity index (χ0v) is 14.1. The summed E-state index contributed by atoms with van der Waals surface area (Å²) in [6, 6.07) is 6.53. The molecule has 0 aliphatic carbocycles. The van der Waals surface area contributed by atoms with E-state index < -0.39 is 0 Å². The normalized spacial score (nSPS) is 13.0. The second-order valence-corrected chi connectivity index (χ2v) is 5.86. The van der Waals surface area contributed by atoms with Gasteiger partial charge in [0.2, 0.25) is 0 Å². The minimum absolute atomic E-state index is 0.215. The molecule has 0 saturated carbocycles. The molecule has 4 nitrogen and oxygen atoms in total. The van der Waals surface area contributed by atoms with E-state index in [1.54, 1.807) is 14.2 Å². The van der Waals surface area contributed by atoms with Gasteiger partial charge in [-0.1, -0.05) is 26.0 Å². The van der Waals surface area contributed by atoms with Crippen LogP contribution in [-0.4, -0.2) is 45.4 Å². The summed E-state index contributed by atoms with van der Waals surface area (Å²) in [5.41, 5.74) is 8.45. The fourth-order valence-electron chi connectivity index (χ4n) is 2.66. The van der Waals surface area contributed by atoms with E-state index in [2.05, 4.69) is 37.8 Å². The third-order valence-corrected chi connectivity index (χ3v) is 3.65. The van der Waals surface area contributed by atoms with Crippen LogP contribution < -0.4 is 10.5 Å². The SMILES string of the molecule is COCCN(CC(C)C)C(CN)c1ccc(OC)c(C)c1. The van der Waals surface area contributed by atoms with Crippen LogP contribution in [0.25, 0.3) is 0 Å². The molecule has 21 heavy (non-hydrogen) atoms. The lowest BCUT2D eigenvalue weighted by Gasteiger charge is -2.32. The van der Waals surface area contributed by atoms with Crippen LogP contribution in [0.1, 0.15) is 31.0 Å². The average Bonchev–Trinajstić information content (AvgIpc) is 2.45. The van der Waals surface area contributed by atoms with E-state index in [4.69, 9.17) is 15.2 Å². The highest BCUT2D eigenvalue weighted by Crippen LogP contribution is 2.26. The van der Waals surface area contributed by atoms with Crippen molar-refractivity contribution >= 4 is 0 Å². The largest absolute Gasteiger partial charge is 0.496 e. The third-order valence-electron chi connectivity index (χ3n) is 3.65. The Bertz CT molecular complexity index is 421. The monoisotopic (exact) mass is 294 g/mol. The molecule has 1 aromatic rings. The van der Waals surface area contributed by atoms with Crippen molar-refractivity contribution in [1.29, 1.82) is 0 Å². The average molecular weight is 294 g/mol. The second kappa shape index (κ2) is 9.03. The van der Waals surface area contributed by atoms with Crippen molar-refractivity contribution in [1.82, 2.24) is 4.90 Å². The summed E-state index contributed by atoms with van der Waals surface area (Å²) < 4.78 is 10.6. The maximum absolute atomic E-state index is 6.06. The molecule has 0 saturated heterocycles. The van der Waals surface area contributed by atoms with Gasteiger partial charge in [-0.05, 0) is 30.0 Å². The Morgan fingerprint density at radius 3 is 2.43 bits per heavy atom. The predicted molar refractivity (Wildman–Crippen MR) is 87.8 cm³/mol. The number of ether oxygens (including phenoxy) is 2. The number of methoxy groups -OCH3 is 2. The Morgan fingerprint density at radius 2 is 1.95 bits per heavy atom. The number of hydrogen-bond donors (Lipinski definition) is 1. The van der Waals surface area contributed by atoms with E-state index in [1.807, 2.05) is 6.07 Å². The van der Waals surface area contributed by atoms with E-state index >= 15 is 0 Å². The van der Waals surface area contributed by atoms with Crippen LogP contribution in [-0.2, 0) is 4.74 Å². The molecule has 0 amide bonds. The molecular formula is C17H30N2O2. The minimum atomic E-state index is 0.215. The van der Waals surface area contributed by atoms with Gasteiger partial charge in [-0.25, -0.2) is 0 Å². The molecule has 0 radical (unpaired) electrons. The highest BCUT2D eigenvalue weighted by molar-refractivity contribution is 5.37. The lowest BCUT2D eigenvalue weighted by molar-refractivity contribution is 0.112. The van der Waals surface area contributed by atoms with Crippen LogP contribution in [0.3, 0.4) is 0 Å². The molecule has 0 aliphatic heterocycles. The molecule has 0 aliphatic rings. The molecule has 1 atom stereocenters. The molecule has 1 unspecified atom stereocenters. The van der Waals surface area contributed by atoms with Crippen LogP contribution in [0.5, 0.6) is 5.75 Å².